The zero-order valence-corrected chi connectivity index (χ0v) is 10.2. The van der Waals surface area contributed by atoms with Gasteiger partial charge in [-0.15, -0.1) is 4.48 Å². The molecular weight excluding hydrogens is 240 g/mol. The molecule has 0 unspecified atom stereocenters. The van der Waals surface area contributed by atoms with Gasteiger partial charge in [0, 0.05) is 24.3 Å². The number of nitrogens with one attached hydrogen (secondary N) is 1. The Bertz CT molecular complexity index is 566. The van der Waals surface area contributed by atoms with Crippen LogP contribution in [0.3, 0.4) is 0 Å². The minimum atomic E-state index is -0.387. The fourth-order valence-electron chi connectivity index (χ4n) is 2.48. The molecule has 0 spiro atoms. The van der Waals surface area contributed by atoms with Gasteiger partial charge in [0.05, 0.1) is 0 Å². The lowest BCUT2D eigenvalue weighted by molar-refractivity contribution is -0.122. The number of quaternary nitrogens is 1. The van der Waals surface area contributed by atoms with E-state index in [0.29, 0.717) is 11.4 Å². The Labute approximate surface area is 110 Å². The smallest absolute Gasteiger partial charge is 0.291 e. The molecule has 4 nitrogen and oxygen atoms in total. The van der Waals surface area contributed by atoms with Crippen LogP contribution in [0.4, 0.5) is 16.2 Å². The molecule has 0 aliphatic carbocycles. The van der Waals surface area contributed by atoms with Gasteiger partial charge in [0.15, 0.2) is 11.4 Å². The predicted octanol–water partition coefficient (Wildman–Crippen LogP) is 2.58. The molecule has 1 heterocycles. The van der Waals surface area contributed by atoms with E-state index in [1.54, 1.807) is 24.3 Å². The fourth-order valence-corrected chi connectivity index (χ4v) is 2.48. The summed E-state index contributed by atoms with van der Waals surface area (Å²) >= 11 is 0. The summed E-state index contributed by atoms with van der Waals surface area (Å²) in [4.78, 5) is 24.7. The molecule has 0 bridgehead atoms. The lowest BCUT2D eigenvalue weighted by atomic mass is 10.2. The number of benzene rings is 2. The van der Waals surface area contributed by atoms with Gasteiger partial charge in [-0.1, -0.05) is 36.4 Å². The molecule has 1 fully saturated rings. The van der Waals surface area contributed by atoms with Crippen LogP contribution in [0.25, 0.3) is 0 Å². The first-order valence-corrected chi connectivity index (χ1v) is 6.08. The lowest BCUT2D eigenvalue weighted by Gasteiger charge is -2.26. The van der Waals surface area contributed by atoms with Gasteiger partial charge in [-0.3, -0.25) is 5.32 Å². The largest absolute Gasteiger partial charge is 0.435 e. The maximum absolute atomic E-state index is 12.4. The number of imide groups is 1. The van der Waals surface area contributed by atoms with E-state index < -0.39 is 0 Å². The van der Waals surface area contributed by atoms with Crippen molar-refractivity contribution in [1.29, 1.82) is 0 Å². The van der Waals surface area contributed by atoms with E-state index in [4.69, 9.17) is 0 Å². The van der Waals surface area contributed by atoms with Crippen LogP contribution >= 0.6 is 0 Å². The van der Waals surface area contributed by atoms with Crippen molar-refractivity contribution in [2.24, 2.45) is 0 Å². The van der Waals surface area contributed by atoms with Crippen LogP contribution in [0, 0.1) is 0 Å². The van der Waals surface area contributed by atoms with E-state index in [-0.39, 0.29) is 23.0 Å². The van der Waals surface area contributed by atoms with Crippen LogP contribution in [0.15, 0.2) is 60.7 Å². The molecule has 94 valence electrons. The quantitative estimate of drug-likeness (QED) is 0.660. The summed E-state index contributed by atoms with van der Waals surface area (Å²) in [6, 6.07) is 18.0. The molecule has 3 amide bonds. The molecule has 0 radical (unpaired) electrons. The zero-order valence-electron chi connectivity index (χ0n) is 10.2. The van der Waals surface area contributed by atoms with Gasteiger partial charge in [0.1, 0.15) is 6.54 Å². The minimum absolute atomic E-state index is 0.0582. The van der Waals surface area contributed by atoms with Crippen molar-refractivity contribution in [2.45, 2.75) is 0 Å². The highest BCUT2D eigenvalue weighted by Crippen LogP contribution is 2.36. The Morgan fingerprint density at radius 1 is 0.789 bits per heavy atom. The van der Waals surface area contributed by atoms with Gasteiger partial charge in [-0.25, -0.2) is 9.59 Å². The van der Waals surface area contributed by atoms with Gasteiger partial charge in [-0.2, -0.15) is 0 Å². The number of para-hydroxylation sites is 2. The lowest BCUT2D eigenvalue weighted by Crippen LogP contribution is -2.50. The van der Waals surface area contributed by atoms with Crippen molar-refractivity contribution in [1.82, 2.24) is 9.80 Å². The molecule has 1 N–H and O–H groups in total. The minimum Gasteiger partial charge on any atom is -0.291 e. The molecular formula is C15H13N2O2+. The first-order chi connectivity index (χ1) is 9.26. The molecule has 0 aromatic heterocycles. The van der Waals surface area contributed by atoms with Crippen molar-refractivity contribution in [3.8, 4) is 0 Å². The first kappa shape index (κ1) is 11.6. The number of carbonyl (C=O) groups is 2. The summed E-state index contributed by atoms with van der Waals surface area (Å²) in [5.41, 5.74) is 1.32. The van der Waals surface area contributed by atoms with Gasteiger partial charge in [-0.05, 0) is 0 Å². The average Bonchev–Trinajstić information content (AvgIpc) is 2.77. The summed E-state index contributed by atoms with van der Waals surface area (Å²) in [5.74, 6) is -0.164. The Morgan fingerprint density at radius 3 is 1.63 bits per heavy atom. The number of carbonyl (C=O) groups excluding carboxylic acids is 2. The number of rotatable bonds is 2. The number of hydrogen-bond donors (Lipinski definition) is 1. The van der Waals surface area contributed by atoms with Crippen molar-refractivity contribution < 1.29 is 9.59 Å². The summed E-state index contributed by atoms with van der Waals surface area (Å²) in [6.07, 6.45) is 0. The second kappa shape index (κ2) is 4.33. The Kier molecular flexibility index (Phi) is 2.65. The van der Waals surface area contributed by atoms with Crippen molar-refractivity contribution in [3.63, 3.8) is 0 Å². The summed E-state index contributed by atoms with van der Waals surface area (Å²) in [6.45, 7) is 0.0582. The molecule has 1 aliphatic heterocycles. The highest BCUT2D eigenvalue weighted by atomic mass is 16.2. The van der Waals surface area contributed by atoms with E-state index in [0.717, 1.165) is 0 Å². The van der Waals surface area contributed by atoms with Crippen molar-refractivity contribution >= 4 is 23.3 Å². The van der Waals surface area contributed by atoms with Crippen LogP contribution in [0.2, 0.25) is 0 Å². The van der Waals surface area contributed by atoms with E-state index in [1.807, 2.05) is 36.4 Å². The molecule has 3 rings (SSSR count). The zero-order chi connectivity index (χ0) is 13.3. The third kappa shape index (κ3) is 1.57. The average molecular weight is 253 g/mol. The highest BCUT2D eigenvalue weighted by molar-refractivity contribution is 6.19. The van der Waals surface area contributed by atoms with Gasteiger partial charge < -0.3 is 0 Å². The van der Waals surface area contributed by atoms with Crippen LogP contribution in [-0.2, 0) is 4.79 Å². The molecule has 4 heteroatoms. The van der Waals surface area contributed by atoms with Crippen LogP contribution in [0.1, 0.15) is 0 Å². The van der Waals surface area contributed by atoms with Gasteiger partial charge in [0.2, 0.25) is 0 Å². The number of amides is 3. The molecule has 0 atom stereocenters. The highest BCUT2D eigenvalue weighted by Gasteiger charge is 2.54. The van der Waals surface area contributed by atoms with Gasteiger partial charge >= 0.3 is 11.9 Å². The van der Waals surface area contributed by atoms with Crippen molar-refractivity contribution in [2.75, 3.05) is 6.54 Å². The van der Waals surface area contributed by atoms with E-state index in [1.165, 1.54) is 0 Å². The monoisotopic (exact) mass is 253 g/mol. The van der Waals surface area contributed by atoms with Crippen molar-refractivity contribution in [3.05, 3.63) is 60.7 Å². The SMILES string of the molecule is O=C1CNC(=O)[N+]1(c1ccccc1)c1ccccc1. The van der Waals surface area contributed by atoms with Crippen LogP contribution in [-0.4, -0.2) is 18.5 Å². The van der Waals surface area contributed by atoms with E-state index in [9.17, 15) is 9.59 Å². The fraction of sp³-hybridized carbons (Fsp3) is 0.0667. The number of urea groups is 1. The molecule has 1 saturated heterocycles. The molecule has 0 saturated carbocycles. The molecule has 2 aromatic carbocycles. The predicted molar refractivity (Wildman–Crippen MR) is 72.7 cm³/mol. The summed E-state index contributed by atoms with van der Waals surface area (Å²) in [7, 11) is 0. The third-order valence-corrected chi connectivity index (χ3v) is 3.36. The normalized spacial score (nSPS) is 17.3. The van der Waals surface area contributed by atoms with E-state index in [2.05, 4.69) is 5.32 Å². The Balaban J connectivity index is 2.29. The first-order valence-electron chi connectivity index (χ1n) is 6.08. The molecule has 2 aromatic rings. The maximum Gasteiger partial charge on any atom is 0.435 e. The summed E-state index contributed by atoms with van der Waals surface area (Å²) < 4.78 is -0.387. The maximum atomic E-state index is 12.4. The number of hydrogen-bond acceptors (Lipinski definition) is 2. The Hall–Kier alpha value is -2.46. The third-order valence-electron chi connectivity index (χ3n) is 3.36. The van der Waals surface area contributed by atoms with Gasteiger partial charge in [0.25, 0.3) is 0 Å². The Morgan fingerprint density at radius 2 is 1.26 bits per heavy atom. The molecule has 19 heavy (non-hydrogen) atoms. The standard InChI is InChI=1S/C15H12N2O2/c18-14-11-16-15(19)17(14,12-7-3-1-4-8-12)13-9-5-2-6-10-13/h1-10H,11H2/p+1. The summed E-state index contributed by atoms with van der Waals surface area (Å²) in [5, 5.41) is 2.64. The van der Waals surface area contributed by atoms with E-state index >= 15 is 0 Å². The second-order valence-electron chi connectivity index (χ2n) is 4.39. The topological polar surface area (TPSA) is 46.2 Å². The molecule has 1 aliphatic rings. The van der Waals surface area contributed by atoms with Crippen LogP contribution < -0.4 is 9.80 Å². The second-order valence-corrected chi connectivity index (χ2v) is 4.39. The van der Waals surface area contributed by atoms with Crippen LogP contribution in [0.5, 0.6) is 0 Å². The number of nitrogens with zero attached hydrogens (tertiary/aromatic N) is 1.